The number of aromatic nitrogens is 2. The third-order valence-electron chi connectivity index (χ3n) is 4.07. The lowest BCUT2D eigenvalue weighted by molar-refractivity contribution is 0.0918. The van der Waals surface area contributed by atoms with E-state index in [9.17, 15) is 9.18 Å². The highest BCUT2D eigenvalue weighted by Crippen LogP contribution is 2.32. The van der Waals surface area contributed by atoms with Crippen LogP contribution < -0.4 is 10.1 Å². The fourth-order valence-electron chi connectivity index (χ4n) is 3.01. The van der Waals surface area contributed by atoms with Gasteiger partial charge in [0, 0.05) is 17.7 Å². The number of amides is 1. The zero-order valence-electron chi connectivity index (χ0n) is 14.4. The maximum Gasteiger partial charge on any atom is 0.272 e. The van der Waals surface area contributed by atoms with E-state index in [0.29, 0.717) is 30.0 Å². The highest BCUT2D eigenvalue weighted by Gasteiger charge is 2.26. The summed E-state index contributed by atoms with van der Waals surface area (Å²) in [5.74, 6) is 0.0129. The number of halogens is 1. The minimum absolute atomic E-state index is 0.197. The van der Waals surface area contributed by atoms with Gasteiger partial charge >= 0.3 is 0 Å². The first-order valence-electron chi connectivity index (χ1n) is 8.06. The molecule has 1 N–H and O–H groups in total. The van der Waals surface area contributed by atoms with Crippen LogP contribution in [0, 0.1) is 12.7 Å². The summed E-state index contributed by atoms with van der Waals surface area (Å²) >= 11 is 0. The molecule has 1 aromatic carbocycles. The maximum atomic E-state index is 13.5. The van der Waals surface area contributed by atoms with Crippen molar-refractivity contribution in [3.63, 3.8) is 0 Å². The average Bonchev–Trinajstić information content (AvgIpc) is 2.90. The molecule has 24 heavy (non-hydrogen) atoms. The van der Waals surface area contributed by atoms with Gasteiger partial charge in [0.25, 0.3) is 5.91 Å². The third kappa shape index (κ3) is 3.13. The van der Waals surface area contributed by atoms with Crippen molar-refractivity contribution in [2.45, 2.75) is 45.7 Å². The molecule has 0 aliphatic carbocycles. The van der Waals surface area contributed by atoms with Gasteiger partial charge in [-0.2, -0.15) is 5.10 Å². The smallest absolute Gasteiger partial charge is 0.272 e. The Bertz CT molecular complexity index is 777. The Labute approximate surface area is 140 Å². The van der Waals surface area contributed by atoms with Crippen molar-refractivity contribution in [3.05, 3.63) is 47.0 Å². The van der Waals surface area contributed by atoms with Gasteiger partial charge in [0.2, 0.25) is 0 Å². The second-order valence-electron chi connectivity index (χ2n) is 7.10. The number of fused-ring (bicyclic) bond motifs is 1. The molecule has 128 valence electrons. The van der Waals surface area contributed by atoms with Crippen molar-refractivity contribution in [1.29, 1.82) is 0 Å². The van der Waals surface area contributed by atoms with Gasteiger partial charge in [-0.3, -0.25) is 9.48 Å². The van der Waals surface area contributed by atoms with Crippen LogP contribution in [-0.4, -0.2) is 22.3 Å². The molecule has 0 unspecified atom stereocenters. The van der Waals surface area contributed by atoms with Crippen LogP contribution in [0.15, 0.2) is 24.3 Å². The van der Waals surface area contributed by atoms with Gasteiger partial charge in [-0.25, -0.2) is 4.39 Å². The van der Waals surface area contributed by atoms with Crippen LogP contribution in [0.2, 0.25) is 0 Å². The molecule has 1 amide bonds. The van der Waals surface area contributed by atoms with Crippen LogP contribution in [0.5, 0.6) is 5.75 Å². The molecule has 0 bridgehead atoms. The van der Waals surface area contributed by atoms with Crippen LogP contribution in [0.3, 0.4) is 0 Å². The van der Waals surface area contributed by atoms with Crippen molar-refractivity contribution in [2.75, 3.05) is 6.61 Å². The number of nitrogens with one attached hydrogen (secondary N) is 1. The Morgan fingerprint density at radius 1 is 1.38 bits per heavy atom. The average molecular weight is 331 g/mol. The van der Waals surface area contributed by atoms with Crippen LogP contribution in [0.1, 0.15) is 55.0 Å². The minimum Gasteiger partial charge on any atom is -0.493 e. The molecule has 0 spiro atoms. The second-order valence-corrected chi connectivity index (χ2v) is 7.10. The molecule has 1 atom stereocenters. The molecule has 1 aliphatic rings. The monoisotopic (exact) mass is 331 g/mol. The quantitative estimate of drug-likeness (QED) is 0.918. The van der Waals surface area contributed by atoms with E-state index in [1.165, 1.54) is 12.1 Å². The van der Waals surface area contributed by atoms with Crippen molar-refractivity contribution in [3.8, 4) is 5.75 Å². The first-order chi connectivity index (χ1) is 11.3. The molecule has 0 radical (unpaired) electrons. The summed E-state index contributed by atoms with van der Waals surface area (Å²) in [5.41, 5.74) is 1.76. The zero-order valence-corrected chi connectivity index (χ0v) is 14.4. The Kier molecular flexibility index (Phi) is 4.07. The van der Waals surface area contributed by atoms with Gasteiger partial charge in [-0.1, -0.05) is 0 Å². The number of benzene rings is 1. The van der Waals surface area contributed by atoms with Gasteiger partial charge in [-0.15, -0.1) is 0 Å². The molecule has 0 fully saturated rings. The summed E-state index contributed by atoms with van der Waals surface area (Å²) in [7, 11) is 0. The first kappa shape index (κ1) is 16.5. The summed E-state index contributed by atoms with van der Waals surface area (Å²) in [6.07, 6.45) is 0.598. The van der Waals surface area contributed by atoms with E-state index in [-0.39, 0.29) is 23.3 Å². The Morgan fingerprint density at radius 3 is 2.79 bits per heavy atom. The number of aryl methyl sites for hydroxylation is 1. The summed E-state index contributed by atoms with van der Waals surface area (Å²) in [6, 6.07) is 5.86. The Morgan fingerprint density at radius 2 is 2.12 bits per heavy atom. The van der Waals surface area contributed by atoms with E-state index >= 15 is 0 Å². The SMILES string of the molecule is Cc1cc(C(=O)N[C@@H]2CCOc3ccc(F)cc32)nn1C(C)(C)C. The van der Waals surface area contributed by atoms with Crippen LogP contribution in [0.4, 0.5) is 4.39 Å². The third-order valence-corrected chi connectivity index (χ3v) is 4.07. The number of nitrogens with zero attached hydrogens (tertiary/aromatic N) is 2. The van der Waals surface area contributed by atoms with Gasteiger partial charge in [-0.05, 0) is 52.0 Å². The molecule has 0 saturated heterocycles. The fourth-order valence-corrected chi connectivity index (χ4v) is 3.01. The largest absolute Gasteiger partial charge is 0.493 e. The van der Waals surface area contributed by atoms with Gasteiger partial charge in [0.05, 0.1) is 18.2 Å². The maximum absolute atomic E-state index is 13.5. The summed E-state index contributed by atoms with van der Waals surface area (Å²) in [5, 5.41) is 7.37. The zero-order chi connectivity index (χ0) is 17.5. The van der Waals surface area contributed by atoms with E-state index in [2.05, 4.69) is 10.4 Å². The van der Waals surface area contributed by atoms with Crippen LogP contribution in [-0.2, 0) is 5.54 Å². The van der Waals surface area contributed by atoms with E-state index in [0.717, 1.165) is 5.69 Å². The molecule has 1 aliphatic heterocycles. The molecule has 0 saturated carbocycles. The lowest BCUT2D eigenvalue weighted by atomic mass is 10.00. The number of carbonyl (C=O) groups is 1. The molecule has 5 nitrogen and oxygen atoms in total. The topological polar surface area (TPSA) is 56.1 Å². The molecular weight excluding hydrogens is 309 g/mol. The Hall–Kier alpha value is -2.37. The number of carbonyl (C=O) groups excluding carboxylic acids is 1. The molecule has 3 rings (SSSR count). The predicted octanol–water partition coefficient (Wildman–Crippen LogP) is 3.34. The van der Waals surface area contributed by atoms with Crippen molar-refractivity contribution in [1.82, 2.24) is 15.1 Å². The number of rotatable bonds is 2. The molecule has 2 heterocycles. The van der Waals surface area contributed by atoms with Crippen LogP contribution >= 0.6 is 0 Å². The number of hydrogen-bond donors (Lipinski definition) is 1. The molecular formula is C18H22FN3O2. The molecule has 6 heteroatoms. The number of ether oxygens (including phenoxy) is 1. The fraction of sp³-hybridized carbons (Fsp3) is 0.444. The normalized spacial score (nSPS) is 17.1. The highest BCUT2D eigenvalue weighted by molar-refractivity contribution is 5.92. The summed E-state index contributed by atoms with van der Waals surface area (Å²) in [6.45, 7) is 8.51. The van der Waals surface area contributed by atoms with E-state index in [1.54, 1.807) is 12.1 Å². The molecule has 1 aromatic heterocycles. The lowest BCUT2D eigenvalue weighted by Gasteiger charge is -2.26. The van der Waals surface area contributed by atoms with Gasteiger partial charge in [0.15, 0.2) is 0 Å². The van der Waals surface area contributed by atoms with Crippen LogP contribution in [0.25, 0.3) is 0 Å². The van der Waals surface area contributed by atoms with Gasteiger partial charge in [0.1, 0.15) is 17.3 Å². The molecule has 2 aromatic rings. The predicted molar refractivity (Wildman–Crippen MR) is 88.7 cm³/mol. The van der Waals surface area contributed by atoms with Crippen molar-refractivity contribution < 1.29 is 13.9 Å². The van der Waals surface area contributed by atoms with Crippen molar-refractivity contribution >= 4 is 5.91 Å². The number of hydrogen-bond acceptors (Lipinski definition) is 3. The van der Waals surface area contributed by atoms with Crippen molar-refractivity contribution in [2.24, 2.45) is 0 Å². The van der Waals surface area contributed by atoms with E-state index in [1.807, 2.05) is 32.4 Å². The lowest BCUT2D eigenvalue weighted by Crippen LogP contribution is -2.33. The summed E-state index contributed by atoms with van der Waals surface area (Å²) in [4.78, 5) is 12.6. The minimum atomic E-state index is -0.341. The standard InChI is InChI=1S/C18H22FN3O2/c1-11-9-15(21-22(11)18(2,3)4)17(23)20-14-7-8-24-16-6-5-12(19)10-13(14)16/h5-6,9-10,14H,7-8H2,1-4H3,(H,20,23)/t14-/m1/s1. The summed E-state index contributed by atoms with van der Waals surface area (Å²) < 4.78 is 20.9. The Balaban J connectivity index is 1.83. The first-order valence-corrected chi connectivity index (χ1v) is 8.06. The second kappa shape index (κ2) is 5.92. The van der Waals surface area contributed by atoms with Gasteiger partial charge < -0.3 is 10.1 Å². The van der Waals surface area contributed by atoms with E-state index in [4.69, 9.17) is 4.74 Å². The highest BCUT2D eigenvalue weighted by atomic mass is 19.1. The van der Waals surface area contributed by atoms with E-state index < -0.39 is 0 Å².